The Morgan fingerprint density at radius 1 is 1.02 bits per heavy atom. The van der Waals surface area contributed by atoms with E-state index in [0.717, 1.165) is 30.6 Å². The molecule has 4 aliphatic rings. The molecule has 0 unspecified atom stereocenters. The number of fused-ring (bicyclic) bond motifs is 3. The highest BCUT2D eigenvalue weighted by Crippen LogP contribution is 2.46. The molecular formula is C36H44FN5O8S. The highest BCUT2D eigenvalue weighted by molar-refractivity contribution is 7.90. The molecule has 1 saturated heterocycles. The first-order valence-corrected chi connectivity index (χ1v) is 18.8. The molecule has 1 aliphatic carbocycles. The van der Waals surface area contributed by atoms with Gasteiger partial charge in [0.25, 0.3) is 15.9 Å². The lowest BCUT2D eigenvalue weighted by molar-refractivity contribution is -0.131. The second kappa shape index (κ2) is 14.2. The number of amides is 4. The number of allylic oxidation sites excluding steroid dienone is 1. The lowest BCUT2D eigenvalue weighted by Gasteiger charge is -2.29. The molecule has 3 heterocycles. The van der Waals surface area contributed by atoms with Crippen LogP contribution in [-0.2, 0) is 42.2 Å². The van der Waals surface area contributed by atoms with Gasteiger partial charge in [-0.1, -0.05) is 42.8 Å². The van der Waals surface area contributed by atoms with Gasteiger partial charge in [-0.05, 0) is 70.2 Å². The summed E-state index contributed by atoms with van der Waals surface area (Å²) in [7, 11) is -4.35. The van der Waals surface area contributed by atoms with E-state index >= 15 is 0 Å². The molecule has 13 nitrogen and oxygen atoms in total. The predicted octanol–water partition coefficient (Wildman–Crippen LogP) is 4.58. The van der Waals surface area contributed by atoms with Gasteiger partial charge in [0.05, 0.1) is 18.8 Å². The third-order valence-electron chi connectivity index (χ3n) is 9.55. The Hall–Kier alpha value is -4.66. The van der Waals surface area contributed by atoms with E-state index in [1.54, 1.807) is 51.1 Å². The van der Waals surface area contributed by atoms with Crippen LogP contribution in [0.4, 0.5) is 19.7 Å². The van der Waals surface area contributed by atoms with Gasteiger partial charge >= 0.3 is 12.2 Å². The Bertz CT molecular complexity index is 1850. The summed E-state index contributed by atoms with van der Waals surface area (Å²) >= 11 is 0. The molecule has 2 aromatic carbocycles. The molecule has 51 heavy (non-hydrogen) atoms. The molecular weight excluding hydrogens is 681 g/mol. The van der Waals surface area contributed by atoms with E-state index in [9.17, 15) is 32.0 Å². The number of ether oxygens (including phenoxy) is 2. The number of sulfonamides is 1. The number of likely N-dealkylation sites (tertiary alicyclic amines) is 1. The topological polar surface area (TPSA) is 163 Å². The minimum Gasteiger partial charge on any atom is -0.444 e. The van der Waals surface area contributed by atoms with Crippen LogP contribution in [0.3, 0.4) is 0 Å². The van der Waals surface area contributed by atoms with Crippen molar-refractivity contribution in [3.8, 4) is 0 Å². The number of hydrogen-bond acceptors (Lipinski definition) is 9. The molecule has 2 aromatic rings. The number of carbonyl (C=O) groups is 4. The van der Waals surface area contributed by atoms with E-state index < -0.39 is 69.0 Å². The Kier molecular flexibility index (Phi) is 10.0. The quantitative estimate of drug-likeness (QED) is 0.385. The van der Waals surface area contributed by atoms with E-state index in [4.69, 9.17) is 9.47 Å². The van der Waals surface area contributed by atoms with Crippen LogP contribution >= 0.6 is 0 Å². The Labute approximate surface area is 297 Å². The monoisotopic (exact) mass is 725 g/mol. The molecule has 1 saturated carbocycles. The van der Waals surface area contributed by atoms with Gasteiger partial charge in [-0.2, -0.15) is 0 Å². The molecule has 2 fully saturated rings. The molecule has 3 N–H and O–H groups in total. The second-order valence-electron chi connectivity index (χ2n) is 14.5. The molecule has 0 bridgehead atoms. The van der Waals surface area contributed by atoms with Crippen molar-refractivity contribution < 1.29 is 41.5 Å². The number of anilines is 1. The fourth-order valence-electron chi connectivity index (χ4n) is 6.83. The first-order valence-electron chi connectivity index (χ1n) is 17.3. The van der Waals surface area contributed by atoms with Crippen molar-refractivity contribution in [1.29, 1.82) is 0 Å². The summed E-state index contributed by atoms with van der Waals surface area (Å²) in [5.41, 5.74) is -1.09. The average Bonchev–Trinajstić information content (AvgIpc) is 3.36. The summed E-state index contributed by atoms with van der Waals surface area (Å²) in [5.74, 6) is -2.55. The highest BCUT2D eigenvalue weighted by atomic mass is 32.2. The van der Waals surface area contributed by atoms with Crippen LogP contribution < -0.4 is 15.4 Å². The molecule has 6 rings (SSSR count). The maximum atomic E-state index is 14.3. The molecule has 0 radical (unpaired) electrons. The van der Waals surface area contributed by atoms with Crippen molar-refractivity contribution in [2.75, 3.05) is 18.4 Å². The zero-order valence-electron chi connectivity index (χ0n) is 28.9. The van der Waals surface area contributed by atoms with E-state index in [0.29, 0.717) is 23.4 Å². The zero-order chi connectivity index (χ0) is 36.6. The van der Waals surface area contributed by atoms with Gasteiger partial charge in [0, 0.05) is 31.0 Å². The van der Waals surface area contributed by atoms with Crippen molar-refractivity contribution in [3.05, 3.63) is 71.6 Å². The molecule has 15 heteroatoms. The van der Waals surface area contributed by atoms with Crippen LogP contribution in [0.1, 0.15) is 70.4 Å². The minimum atomic E-state index is -4.35. The van der Waals surface area contributed by atoms with Crippen molar-refractivity contribution in [1.82, 2.24) is 19.8 Å². The van der Waals surface area contributed by atoms with Gasteiger partial charge in [0.1, 0.15) is 34.0 Å². The fourth-order valence-corrected chi connectivity index (χ4v) is 8.05. The summed E-state index contributed by atoms with van der Waals surface area (Å²) in [5, 5.41) is 5.94. The van der Waals surface area contributed by atoms with Crippen LogP contribution in [0.5, 0.6) is 0 Å². The number of nitrogens with one attached hydrogen (secondary N) is 3. The smallest absolute Gasteiger partial charge is 0.411 e. The van der Waals surface area contributed by atoms with Crippen LogP contribution in [0, 0.1) is 11.7 Å². The number of hydrogen-bond donors (Lipinski definition) is 3. The molecule has 0 spiro atoms. The van der Waals surface area contributed by atoms with E-state index in [1.165, 1.54) is 17.0 Å². The average molecular weight is 726 g/mol. The van der Waals surface area contributed by atoms with Crippen molar-refractivity contribution in [2.45, 2.75) is 101 Å². The Morgan fingerprint density at radius 3 is 2.57 bits per heavy atom. The zero-order valence-corrected chi connectivity index (χ0v) is 29.8. The Balaban J connectivity index is 1.22. The van der Waals surface area contributed by atoms with Crippen LogP contribution in [0.15, 0.2) is 59.5 Å². The fraction of sp³-hybridized carbons (Fsp3) is 0.500. The van der Waals surface area contributed by atoms with Gasteiger partial charge in [-0.3, -0.25) is 19.4 Å². The first-order chi connectivity index (χ1) is 24.2. The van der Waals surface area contributed by atoms with Crippen LogP contribution in [0.25, 0.3) is 0 Å². The second-order valence-corrected chi connectivity index (χ2v) is 16.2. The van der Waals surface area contributed by atoms with Gasteiger partial charge in [-0.15, -0.1) is 0 Å². The standard InChI is InChI=1S/C36H44FN5O8S/c1-35(2,3)50-34(46)42-21-25(49-33(45)41-20-23-12-11-14-27(37)26(23)22-41)18-29(42)31(43)39-36-19-24(36)13-7-5-4-6-10-17-38-28-15-8-9-16-30(28)51(47,48)40-32(36)44/h7-9,11-16,24-25,29,38H,4-6,10,17-22H2,1-3H3,(H,39,43)(H,40,44)/t24-,25-,29+,36-/m1/s1. The summed E-state index contributed by atoms with van der Waals surface area (Å²) < 4.78 is 55.0. The van der Waals surface area contributed by atoms with Gasteiger partial charge < -0.3 is 20.1 Å². The number of nitrogens with zero attached hydrogens (tertiary/aromatic N) is 2. The third kappa shape index (κ3) is 7.97. The normalized spacial score (nSPS) is 25.9. The molecule has 274 valence electrons. The van der Waals surface area contributed by atoms with Gasteiger partial charge in [-0.25, -0.2) is 27.1 Å². The van der Waals surface area contributed by atoms with E-state index in [1.807, 2.05) is 12.2 Å². The molecule has 0 aromatic heterocycles. The van der Waals surface area contributed by atoms with Crippen molar-refractivity contribution >= 4 is 39.7 Å². The number of benzene rings is 2. The van der Waals surface area contributed by atoms with Crippen LogP contribution in [0.2, 0.25) is 0 Å². The van der Waals surface area contributed by atoms with Gasteiger partial charge in [0.2, 0.25) is 5.91 Å². The van der Waals surface area contributed by atoms with Crippen molar-refractivity contribution in [2.24, 2.45) is 5.92 Å². The maximum Gasteiger partial charge on any atom is 0.411 e. The third-order valence-corrected chi connectivity index (χ3v) is 10.9. The number of halogens is 1. The largest absolute Gasteiger partial charge is 0.444 e. The van der Waals surface area contributed by atoms with Crippen molar-refractivity contribution in [3.63, 3.8) is 0 Å². The molecule has 3 aliphatic heterocycles. The minimum absolute atomic E-state index is 0.0171. The van der Waals surface area contributed by atoms with E-state index in [-0.39, 0.29) is 37.4 Å². The predicted molar refractivity (Wildman–Crippen MR) is 184 cm³/mol. The lowest BCUT2D eigenvalue weighted by Crippen LogP contribution is -2.56. The number of rotatable bonds is 3. The summed E-state index contributed by atoms with van der Waals surface area (Å²) in [6, 6.07) is 9.71. The SMILES string of the molecule is CC(C)(C)OC(=O)N1C[C@H](OC(=O)N2Cc3cccc(F)c3C2)C[C@H]1C(=O)N[C@]12C[C@H]1C=CCCCCCNc1ccccc1S(=O)(=O)NC2=O. The maximum absolute atomic E-state index is 14.3. The van der Waals surface area contributed by atoms with Crippen LogP contribution in [-0.4, -0.2) is 78.6 Å². The summed E-state index contributed by atoms with van der Waals surface area (Å²) in [4.78, 5) is 57.0. The molecule has 4 amide bonds. The van der Waals surface area contributed by atoms with Gasteiger partial charge in [0.15, 0.2) is 0 Å². The molecule has 4 atom stereocenters. The highest BCUT2D eigenvalue weighted by Gasteiger charge is 2.62. The first kappa shape index (κ1) is 36.1. The number of carbonyl (C=O) groups excluding carboxylic acids is 4. The number of para-hydroxylation sites is 1. The van der Waals surface area contributed by atoms with E-state index in [2.05, 4.69) is 15.4 Å². The summed E-state index contributed by atoms with van der Waals surface area (Å²) in [6.45, 7) is 5.57. The Morgan fingerprint density at radius 2 is 1.80 bits per heavy atom. The lowest BCUT2D eigenvalue weighted by atomic mass is 10.1. The summed E-state index contributed by atoms with van der Waals surface area (Å²) in [6.07, 6.45) is 4.68.